The molecule has 141 valence electrons. The molecule has 0 atom stereocenters. The monoisotopic (exact) mass is 387 g/mol. The van der Waals surface area contributed by atoms with Crippen LogP contribution in [0.25, 0.3) is 10.9 Å². The molecule has 1 saturated heterocycles. The van der Waals surface area contributed by atoms with Crippen LogP contribution in [0.3, 0.4) is 0 Å². The molecule has 1 aromatic heterocycles. The van der Waals surface area contributed by atoms with Gasteiger partial charge in [-0.25, -0.2) is 4.98 Å². The van der Waals surface area contributed by atoms with E-state index in [1.807, 2.05) is 11.8 Å². The van der Waals surface area contributed by atoms with Crippen molar-refractivity contribution in [2.45, 2.75) is 31.0 Å². The second kappa shape index (κ2) is 7.67. The Morgan fingerprint density at radius 2 is 2.07 bits per heavy atom. The molecule has 5 rings (SSSR count). The maximum Gasteiger partial charge on any atom is 0.228 e. The zero-order valence-corrected chi connectivity index (χ0v) is 17.0. The number of hydrogen-bond donors (Lipinski definition) is 1. The fraction of sp³-hybridized carbons (Fsp3) is 0.364. The summed E-state index contributed by atoms with van der Waals surface area (Å²) in [6.45, 7) is 4.92. The molecule has 28 heavy (non-hydrogen) atoms. The van der Waals surface area contributed by atoms with Crippen LogP contribution in [0.1, 0.15) is 11.1 Å². The molecule has 1 fully saturated rings. The van der Waals surface area contributed by atoms with Gasteiger partial charge in [-0.1, -0.05) is 42.5 Å². The summed E-state index contributed by atoms with van der Waals surface area (Å²) in [6, 6.07) is 15.1. The lowest BCUT2D eigenvalue weighted by molar-refractivity contribution is 0.627. The maximum absolute atomic E-state index is 4.99. The third-order valence-electron chi connectivity index (χ3n) is 5.63. The third kappa shape index (κ3) is 3.58. The van der Waals surface area contributed by atoms with Crippen molar-refractivity contribution in [1.82, 2.24) is 9.97 Å². The zero-order valence-electron chi connectivity index (χ0n) is 16.2. The molecule has 0 spiro atoms. The van der Waals surface area contributed by atoms with Gasteiger partial charge in [-0.2, -0.15) is 4.98 Å². The quantitative estimate of drug-likeness (QED) is 0.661. The standard InChI is InChI=1S/C22H24BN4S/c1-15-6-7-19-18(10-15)21(24-13-16-11-23-12-16)26-22(25-19)27-8-9-28-20-5-3-2-4-17(20)14-27/h2-7,10,16H,8-9,11-14H2,1H3,(H,24,25,26). The molecule has 2 aromatic carbocycles. The van der Waals surface area contributed by atoms with E-state index in [-0.39, 0.29) is 0 Å². The van der Waals surface area contributed by atoms with Gasteiger partial charge >= 0.3 is 0 Å². The van der Waals surface area contributed by atoms with E-state index in [0.29, 0.717) is 0 Å². The van der Waals surface area contributed by atoms with Crippen LogP contribution in [0.4, 0.5) is 11.8 Å². The Balaban J connectivity index is 1.50. The maximum atomic E-state index is 4.99. The lowest BCUT2D eigenvalue weighted by atomic mass is 9.51. The molecule has 2 aliphatic heterocycles. The van der Waals surface area contributed by atoms with Crippen LogP contribution in [0, 0.1) is 12.8 Å². The van der Waals surface area contributed by atoms with Crippen molar-refractivity contribution in [2.24, 2.45) is 5.92 Å². The van der Waals surface area contributed by atoms with Crippen molar-refractivity contribution < 1.29 is 0 Å². The number of nitrogens with one attached hydrogen (secondary N) is 1. The summed E-state index contributed by atoms with van der Waals surface area (Å²) >= 11 is 1.93. The number of thioether (sulfide) groups is 1. The first kappa shape index (κ1) is 17.9. The molecule has 0 unspecified atom stereocenters. The first-order valence-electron chi connectivity index (χ1n) is 10.1. The van der Waals surface area contributed by atoms with Crippen LogP contribution in [0.5, 0.6) is 0 Å². The van der Waals surface area contributed by atoms with Gasteiger partial charge in [0, 0.05) is 35.7 Å². The smallest absolute Gasteiger partial charge is 0.228 e. The summed E-state index contributed by atoms with van der Waals surface area (Å²) in [4.78, 5) is 13.6. The topological polar surface area (TPSA) is 41.1 Å². The van der Waals surface area contributed by atoms with Crippen LogP contribution in [-0.2, 0) is 6.54 Å². The van der Waals surface area contributed by atoms with Gasteiger partial charge in [0.05, 0.1) is 5.52 Å². The van der Waals surface area contributed by atoms with E-state index in [9.17, 15) is 0 Å². The molecular formula is C22H24BN4S. The highest BCUT2D eigenvalue weighted by atomic mass is 32.2. The SMILES string of the molecule is Cc1ccc2nc(N3CCSc4ccccc4C3)nc(NCC3C[B]C3)c2c1. The predicted molar refractivity (Wildman–Crippen MR) is 120 cm³/mol. The van der Waals surface area contributed by atoms with Crippen molar-refractivity contribution in [3.8, 4) is 0 Å². The molecule has 0 aliphatic carbocycles. The molecule has 0 saturated carbocycles. The summed E-state index contributed by atoms with van der Waals surface area (Å²) in [6.07, 6.45) is 2.42. The number of aryl methyl sites for hydroxylation is 1. The number of nitrogens with zero attached hydrogens (tertiary/aromatic N) is 3. The Labute approximate surface area is 171 Å². The highest BCUT2D eigenvalue weighted by molar-refractivity contribution is 7.99. The van der Waals surface area contributed by atoms with Crippen molar-refractivity contribution in [2.75, 3.05) is 29.1 Å². The van der Waals surface area contributed by atoms with E-state index < -0.39 is 0 Å². The number of rotatable bonds is 4. The van der Waals surface area contributed by atoms with Crippen LogP contribution in [-0.4, -0.2) is 36.1 Å². The minimum absolute atomic E-state index is 0.736. The Morgan fingerprint density at radius 3 is 2.93 bits per heavy atom. The average Bonchev–Trinajstić information content (AvgIpc) is 2.89. The summed E-state index contributed by atoms with van der Waals surface area (Å²) in [5.41, 5.74) is 3.62. The number of aromatic nitrogens is 2. The van der Waals surface area contributed by atoms with Crippen molar-refractivity contribution in [1.29, 1.82) is 0 Å². The average molecular weight is 387 g/mol. The Hall–Kier alpha value is -2.21. The molecule has 3 aromatic rings. The van der Waals surface area contributed by atoms with Gasteiger partial charge in [0.2, 0.25) is 5.95 Å². The highest BCUT2D eigenvalue weighted by Gasteiger charge is 2.21. The Bertz CT molecular complexity index is 1000. The van der Waals surface area contributed by atoms with Gasteiger partial charge in [0.25, 0.3) is 0 Å². The molecule has 6 heteroatoms. The summed E-state index contributed by atoms with van der Waals surface area (Å²) in [7, 11) is 2.35. The zero-order chi connectivity index (χ0) is 18.9. The van der Waals surface area contributed by atoms with E-state index in [0.717, 1.165) is 54.0 Å². The second-order valence-electron chi connectivity index (χ2n) is 7.78. The summed E-state index contributed by atoms with van der Waals surface area (Å²) in [5, 5.41) is 4.75. The normalized spacial score (nSPS) is 16.8. The van der Waals surface area contributed by atoms with E-state index in [1.165, 1.54) is 28.7 Å². The molecule has 2 aliphatic rings. The first-order valence-corrected chi connectivity index (χ1v) is 11.0. The fourth-order valence-electron chi connectivity index (χ4n) is 3.81. The minimum Gasteiger partial charge on any atom is -0.369 e. The van der Waals surface area contributed by atoms with Crippen LogP contribution in [0.2, 0.25) is 12.6 Å². The predicted octanol–water partition coefficient (Wildman–Crippen LogP) is 4.63. The largest absolute Gasteiger partial charge is 0.369 e. The number of hydrogen-bond acceptors (Lipinski definition) is 5. The first-order chi connectivity index (χ1) is 13.8. The van der Waals surface area contributed by atoms with E-state index in [1.54, 1.807) is 0 Å². The van der Waals surface area contributed by atoms with Crippen LogP contribution < -0.4 is 10.2 Å². The third-order valence-corrected chi connectivity index (χ3v) is 6.73. The van der Waals surface area contributed by atoms with Gasteiger partial charge in [0.1, 0.15) is 13.1 Å². The number of benzene rings is 2. The van der Waals surface area contributed by atoms with E-state index in [2.05, 4.69) is 66.9 Å². The molecular weight excluding hydrogens is 363 g/mol. The Kier molecular flexibility index (Phi) is 4.89. The van der Waals surface area contributed by atoms with Crippen LogP contribution in [0.15, 0.2) is 47.4 Å². The van der Waals surface area contributed by atoms with E-state index >= 15 is 0 Å². The van der Waals surface area contributed by atoms with Gasteiger partial charge < -0.3 is 10.2 Å². The Morgan fingerprint density at radius 1 is 1.18 bits per heavy atom. The van der Waals surface area contributed by atoms with Gasteiger partial charge in [-0.3, -0.25) is 0 Å². The van der Waals surface area contributed by atoms with Crippen LogP contribution >= 0.6 is 11.8 Å². The number of fused-ring (bicyclic) bond motifs is 2. The lowest BCUT2D eigenvalue weighted by Crippen LogP contribution is -2.28. The molecule has 1 N–H and O–H groups in total. The van der Waals surface area contributed by atoms with Crippen molar-refractivity contribution in [3.63, 3.8) is 0 Å². The number of anilines is 2. The fourth-order valence-corrected chi connectivity index (χ4v) is 4.84. The van der Waals surface area contributed by atoms with Gasteiger partial charge in [-0.05, 0) is 36.6 Å². The molecule has 3 heterocycles. The summed E-state index contributed by atoms with van der Waals surface area (Å²) in [5.74, 6) is 3.59. The highest BCUT2D eigenvalue weighted by Crippen LogP contribution is 2.31. The minimum atomic E-state index is 0.736. The van der Waals surface area contributed by atoms with E-state index in [4.69, 9.17) is 9.97 Å². The molecule has 0 amide bonds. The van der Waals surface area contributed by atoms with Gasteiger partial charge in [-0.15, -0.1) is 11.8 Å². The second-order valence-corrected chi connectivity index (χ2v) is 8.91. The lowest BCUT2D eigenvalue weighted by Gasteiger charge is -2.26. The molecule has 1 radical (unpaired) electrons. The molecule has 4 nitrogen and oxygen atoms in total. The molecule has 0 bridgehead atoms. The van der Waals surface area contributed by atoms with Crippen molar-refractivity contribution in [3.05, 3.63) is 53.6 Å². The van der Waals surface area contributed by atoms with Crippen molar-refractivity contribution >= 4 is 41.7 Å². The van der Waals surface area contributed by atoms with Gasteiger partial charge in [0.15, 0.2) is 0 Å². The summed E-state index contributed by atoms with van der Waals surface area (Å²) < 4.78 is 0.